The number of carbonyl (C=O) groups excluding carboxylic acids is 1. The summed E-state index contributed by atoms with van der Waals surface area (Å²) in [5, 5.41) is 13.2. The molecule has 0 radical (unpaired) electrons. The van der Waals surface area contributed by atoms with E-state index in [2.05, 4.69) is 40.6 Å². The quantitative estimate of drug-likeness (QED) is 0.391. The van der Waals surface area contributed by atoms with Crippen molar-refractivity contribution < 1.29 is 4.79 Å². The molecule has 0 saturated carbocycles. The summed E-state index contributed by atoms with van der Waals surface area (Å²) in [6.45, 7) is 6.70. The predicted molar refractivity (Wildman–Crippen MR) is 129 cm³/mol. The van der Waals surface area contributed by atoms with Crippen LogP contribution in [0, 0.1) is 20.8 Å². The number of nitrogens with one attached hydrogen (secondary N) is 1. The van der Waals surface area contributed by atoms with Crippen LogP contribution in [0.5, 0.6) is 0 Å². The molecular formula is C25H23N5OS. The van der Waals surface area contributed by atoms with Gasteiger partial charge in [0.05, 0.1) is 22.8 Å². The summed E-state index contributed by atoms with van der Waals surface area (Å²) in [4.78, 5) is 14.6. The van der Waals surface area contributed by atoms with E-state index in [9.17, 15) is 4.79 Å². The van der Waals surface area contributed by atoms with Crippen LogP contribution in [0.1, 0.15) is 32.2 Å². The Balaban J connectivity index is 1.38. The number of hydrogen-bond donors (Lipinski definition) is 1. The maximum atomic E-state index is 13.0. The number of benzene rings is 2. The number of thiophene rings is 1. The van der Waals surface area contributed by atoms with E-state index >= 15 is 0 Å². The fraction of sp³-hybridized carbons (Fsp3) is 0.160. The molecule has 0 aliphatic carbocycles. The van der Waals surface area contributed by atoms with Crippen LogP contribution < -0.4 is 5.32 Å². The largest absolute Gasteiger partial charge is 0.304 e. The third kappa shape index (κ3) is 3.83. The van der Waals surface area contributed by atoms with Crippen molar-refractivity contribution in [3.8, 4) is 5.69 Å². The van der Waals surface area contributed by atoms with E-state index in [1.165, 1.54) is 22.5 Å². The molecule has 3 heterocycles. The highest BCUT2D eigenvalue weighted by Gasteiger charge is 2.18. The van der Waals surface area contributed by atoms with Crippen molar-refractivity contribution in [2.24, 2.45) is 0 Å². The SMILES string of the molecule is Cc1cccc(Cn2nc(NC(=O)c3cc4c(C)nn(-c5ccccc5)c4s3)cc2C)c1. The van der Waals surface area contributed by atoms with Crippen LogP contribution in [-0.2, 0) is 6.54 Å². The molecule has 0 spiro atoms. The summed E-state index contributed by atoms with van der Waals surface area (Å²) in [5.41, 5.74) is 5.27. The van der Waals surface area contributed by atoms with Crippen molar-refractivity contribution in [1.82, 2.24) is 19.6 Å². The maximum absolute atomic E-state index is 13.0. The molecule has 5 aromatic rings. The molecule has 0 bridgehead atoms. The van der Waals surface area contributed by atoms with Gasteiger partial charge in [-0.3, -0.25) is 9.48 Å². The van der Waals surface area contributed by atoms with Gasteiger partial charge in [0.2, 0.25) is 0 Å². The molecule has 0 aliphatic heterocycles. The van der Waals surface area contributed by atoms with Gasteiger partial charge in [0.15, 0.2) is 5.82 Å². The minimum atomic E-state index is -0.162. The van der Waals surface area contributed by atoms with E-state index in [1.54, 1.807) is 0 Å². The van der Waals surface area contributed by atoms with Gasteiger partial charge in [-0.25, -0.2) is 4.68 Å². The summed E-state index contributed by atoms with van der Waals surface area (Å²) in [6.07, 6.45) is 0. The lowest BCUT2D eigenvalue weighted by Crippen LogP contribution is -2.11. The minimum Gasteiger partial charge on any atom is -0.304 e. The van der Waals surface area contributed by atoms with Gasteiger partial charge in [-0.15, -0.1) is 11.3 Å². The number of amides is 1. The van der Waals surface area contributed by atoms with Crippen molar-refractivity contribution in [3.63, 3.8) is 0 Å². The van der Waals surface area contributed by atoms with Gasteiger partial charge >= 0.3 is 0 Å². The molecule has 6 nitrogen and oxygen atoms in total. The molecule has 3 aromatic heterocycles. The highest BCUT2D eigenvalue weighted by atomic mass is 32.1. The monoisotopic (exact) mass is 441 g/mol. The van der Waals surface area contributed by atoms with Gasteiger partial charge in [-0.1, -0.05) is 48.0 Å². The van der Waals surface area contributed by atoms with Gasteiger partial charge in [-0.05, 0) is 44.5 Å². The van der Waals surface area contributed by atoms with Crippen LogP contribution in [0.15, 0.2) is 66.7 Å². The Kier molecular flexibility index (Phi) is 5.11. The third-order valence-electron chi connectivity index (χ3n) is 5.41. The Morgan fingerprint density at radius 1 is 0.969 bits per heavy atom. The van der Waals surface area contributed by atoms with Crippen LogP contribution in [0.3, 0.4) is 0 Å². The Bertz CT molecular complexity index is 1430. The molecule has 0 fully saturated rings. The number of anilines is 1. The van der Waals surface area contributed by atoms with Gasteiger partial charge < -0.3 is 5.32 Å². The van der Waals surface area contributed by atoms with E-state index in [1.807, 2.05) is 71.7 Å². The number of nitrogens with zero attached hydrogens (tertiary/aromatic N) is 4. The number of hydrogen-bond acceptors (Lipinski definition) is 4. The predicted octanol–water partition coefficient (Wildman–Crippen LogP) is 5.51. The third-order valence-corrected chi connectivity index (χ3v) is 6.52. The van der Waals surface area contributed by atoms with Crippen molar-refractivity contribution in [3.05, 3.63) is 94.1 Å². The number of fused-ring (bicyclic) bond motifs is 1. The second-order valence-corrected chi connectivity index (χ2v) is 8.96. The maximum Gasteiger partial charge on any atom is 0.267 e. The number of rotatable bonds is 5. The van der Waals surface area contributed by atoms with Crippen LogP contribution in [-0.4, -0.2) is 25.5 Å². The van der Waals surface area contributed by atoms with E-state index in [-0.39, 0.29) is 5.91 Å². The Labute approximate surface area is 190 Å². The van der Waals surface area contributed by atoms with Gasteiger partial charge in [0.25, 0.3) is 5.91 Å². The topological polar surface area (TPSA) is 64.7 Å². The van der Waals surface area contributed by atoms with Crippen LogP contribution in [0.25, 0.3) is 15.9 Å². The average molecular weight is 442 g/mol. The van der Waals surface area contributed by atoms with Gasteiger partial charge in [0, 0.05) is 17.1 Å². The molecular weight excluding hydrogens is 418 g/mol. The molecule has 2 aromatic carbocycles. The molecule has 1 amide bonds. The Morgan fingerprint density at radius 3 is 2.56 bits per heavy atom. The molecule has 0 unspecified atom stereocenters. The standard InChI is InChI=1S/C25H23N5OS/c1-16-8-7-9-19(12-16)15-29-17(2)13-23(28-29)26-24(31)22-14-21-18(3)27-30(25(21)32-22)20-10-5-4-6-11-20/h4-14H,15H2,1-3H3,(H,26,28,31). The van der Waals surface area contributed by atoms with Crippen LogP contribution >= 0.6 is 11.3 Å². The van der Waals surface area contributed by atoms with Crippen molar-refractivity contribution >= 4 is 33.3 Å². The summed E-state index contributed by atoms with van der Waals surface area (Å²) >= 11 is 1.44. The Morgan fingerprint density at radius 2 is 1.78 bits per heavy atom. The molecule has 32 heavy (non-hydrogen) atoms. The first-order chi connectivity index (χ1) is 15.5. The number of aromatic nitrogens is 4. The number of carbonyl (C=O) groups is 1. The Hall–Kier alpha value is -3.71. The zero-order chi connectivity index (χ0) is 22.2. The van der Waals surface area contributed by atoms with E-state index in [0.29, 0.717) is 17.2 Å². The van der Waals surface area contributed by atoms with Crippen molar-refractivity contribution in [2.75, 3.05) is 5.32 Å². The second kappa shape index (κ2) is 8.09. The van der Waals surface area contributed by atoms with Crippen molar-refractivity contribution in [2.45, 2.75) is 27.3 Å². The molecule has 0 saturated heterocycles. The first kappa shape index (κ1) is 20.2. The van der Waals surface area contributed by atoms with Crippen LogP contribution in [0.2, 0.25) is 0 Å². The molecule has 7 heteroatoms. The first-order valence-corrected chi connectivity index (χ1v) is 11.3. The number of aryl methyl sites for hydroxylation is 3. The number of para-hydroxylation sites is 1. The molecule has 5 rings (SSSR count). The molecule has 0 aliphatic rings. The lowest BCUT2D eigenvalue weighted by atomic mass is 10.1. The first-order valence-electron chi connectivity index (χ1n) is 10.4. The molecule has 1 N–H and O–H groups in total. The fourth-order valence-electron chi connectivity index (χ4n) is 3.80. The minimum absolute atomic E-state index is 0.162. The van der Waals surface area contributed by atoms with Gasteiger partial charge in [0.1, 0.15) is 4.83 Å². The smallest absolute Gasteiger partial charge is 0.267 e. The zero-order valence-corrected chi connectivity index (χ0v) is 19.0. The van der Waals surface area contributed by atoms with E-state index in [0.717, 1.165) is 27.3 Å². The zero-order valence-electron chi connectivity index (χ0n) is 18.2. The van der Waals surface area contributed by atoms with E-state index < -0.39 is 0 Å². The normalized spacial score (nSPS) is 11.2. The lowest BCUT2D eigenvalue weighted by Gasteiger charge is -2.05. The summed E-state index contributed by atoms with van der Waals surface area (Å²) in [5.74, 6) is 0.393. The van der Waals surface area contributed by atoms with Gasteiger partial charge in [-0.2, -0.15) is 10.2 Å². The highest BCUT2D eigenvalue weighted by Crippen LogP contribution is 2.30. The van der Waals surface area contributed by atoms with Crippen LogP contribution in [0.4, 0.5) is 5.82 Å². The highest BCUT2D eigenvalue weighted by molar-refractivity contribution is 7.20. The molecule has 0 atom stereocenters. The second-order valence-electron chi connectivity index (χ2n) is 7.93. The average Bonchev–Trinajstić information content (AvgIpc) is 3.44. The summed E-state index contributed by atoms with van der Waals surface area (Å²) in [7, 11) is 0. The molecule has 160 valence electrons. The fourth-order valence-corrected chi connectivity index (χ4v) is 4.87. The summed E-state index contributed by atoms with van der Waals surface area (Å²) in [6, 6.07) is 22.1. The summed E-state index contributed by atoms with van der Waals surface area (Å²) < 4.78 is 3.81. The lowest BCUT2D eigenvalue weighted by molar-refractivity contribution is 0.103. The van der Waals surface area contributed by atoms with Crippen molar-refractivity contribution in [1.29, 1.82) is 0 Å². The van der Waals surface area contributed by atoms with E-state index in [4.69, 9.17) is 0 Å².